The van der Waals surface area contributed by atoms with E-state index in [0.717, 1.165) is 10.9 Å². The molecule has 0 unspecified atom stereocenters. The molecule has 0 aliphatic carbocycles. The lowest BCUT2D eigenvalue weighted by Crippen LogP contribution is -1.95. The molecule has 0 N–H and O–H groups in total. The van der Waals surface area contributed by atoms with E-state index in [9.17, 15) is 4.79 Å². The fourth-order valence-corrected chi connectivity index (χ4v) is 2.39. The summed E-state index contributed by atoms with van der Waals surface area (Å²) < 4.78 is 10.5. The number of hydrogen-bond acceptors (Lipinski definition) is 5. The molecule has 1 aromatic heterocycles. The number of carbonyl (C=O) groups is 1. The molecule has 0 atom stereocenters. The summed E-state index contributed by atoms with van der Waals surface area (Å²) in [7, 11) is 0. The van der Waals surface area contributed by atoms with Crippen molar-refractivity contribution in [1.82, 2.24) is 10.2 Å². The minimum Gasteiger partial charge on any atom is -0.454 e. The molecule has 23 heavy (non-hydrogen) atoms. The van der Waals surface area contributed by atoms with E-state index in [1.165, 1.54) is 6.08 Å². The van der Waals surface area contributed by atoms with Crippen LogP contribution in [0.5, 0.6) is 11.5 Å². The Morgan fingerprint density at radius 1 is 1.00 bits per heavy atom. The molecule has 112 valence electrons. The van der Waals surface area contributed by atoms with Crippen LogP contribution in [0.15, 0.2) is 54.6 Å². The lowest BCUT2D eigenvalue weighted by atomic mass is 10.1. The summed E-state index contributed by atoms with van der Waals surface area (Å²) in [6, 6.07) is 14.7. The van der Waals surface area contributed by atoms with Crippen LogP contribution in [-0.4, -0.2) is 22.8 Å². The van der Waals surface area contributed by atoms with E-state index in [1.54, 1.807) is 24.3 Å². The molecule has 5 nitrogen and oxygen atoms in total. The van der Waals surface area contributed by atoms with E-state index < -0.39 is 0 Å². The fourth-order valence-electron chi connectivity index (χ4n) is 2.39. The van der Waals surface area contributed by atoms with E-state index in [-0.39, 0.29) is 12.6 Å². The predicted octanol–water partition coefficient (Wildman–Crippen LogP) is 3.25. The molecular formula is C18H12N2O3. The maximum absolute atomic E-state index is 12.3. The normalized spacial score (nSPS) is 12.9. The zero-order valence-electron chi connectivity index (χ0n) is 12.1. The first-order valence-electron chi connectivity index (χ1n) is 7.14. The van der Waals surface area contributed by atoms with Crippen molar-refractivity contribution in [2.24, 2.45) is 0 Å². The molecule has 5 heteroatoms. The first kappa shape index (κ1) is 13.5. The molecule has 1 aliphatic heterocycles. The van der Waals surface area contributed by atoms with Crippen molar-refractivity contribution in [3.05, 3.63) is 65.9 Å². The largest absolute Gasteiger partial charge is 0.454 e. The third-order valence-corrected chi connectivity index (χ3v) is 3.58. The second-order valence-electron chi connectivity index (χ2n) is 5.09. The molecule has 0 fully saturated rings. The van der Waals surface area contributed by atoms with Crippen LogP contribution in [0.25, 0.3) is 17.0 Å². The zero-order chi connectivity index (χ0) is 15.6. The van der Waals surface area contributed by atoms with Gasteiger partial charge in [-0.2, -0.15) is 5.10 Å². The lowest BCUT2D eigenvalue weighted by Gasteiger charge is -1.99. The van der Waals surface area contributed by atoms with Gasteiger partial charge in [-0.1, -0.05) is 18.2 Å². The van der Waals surface area contributed by atoms with E-state index in [0.29, 0.717) is 22.8 Å². The molecule has 1 aliphatic rings. The lowest BCUT2D eigenvalue weighted by molar-refractivity contribution is 0.104. The quantitative estimate of drug-likeness (QED) is 0.549. The number of allylic oxidation sites excluding steroid dienone is 1. The van der Waals surface area contributed by atoms with Gasteiger partial charge in [0.2, 0.25) is 6.79 Å². The van der Waals surface area contributed by atoms with Crippen LogP contribution in [0, 0.1) is 0 Å². The van der Waals surface area contributed by atoms with Gasteiger partial charge in [-0.3, -0.25) is 4.79 Å². The highest BCUT2D eigenvalue weighted by Gasteiger charge is 2.15. The van der Waals surface area contributed by atoms with Gasteiger partial charge in [0, 0.05) is 10.9 Å². The highest BCUT2D eigenvalue weighted by atomic mass is 16.7. The average molecular weight is 304 g/mol. The Morgan fingerprint density at radius 3 is 2.83 bits per heavy atom. The third kappa shape index (κ3) is 2.64. The first-order chi connectivity index (χ1) is 11.3. The number of carbonyl (C=O) groups excluding carboxylic acids is 1. The molecule has 0 saturated carbocycles. The number of ketones is 1. The topological polar surface area (TPSA) is 61.3 Å². The standard InChI is InChI=1S/C18H12N2O3/c21-16(13-5-8-17-18(10-13)23-11-22-17)7-6-14-9-12-3-1-2-4-15(12)20-19-14/h1-10H,11H2/b7-6+. The summed E-state index contributed by atoms with van der Waals surface area (Å²) in [6.45, 7) is 0.190. The predicted molar refractivity (Wildman–Crippen MR) is 85.5 cm³/mol. The van der Waals surface area contributed by atoms with Gasteiger partial charge in [-0.25, -0.2) is 0 Å². The Bertz CT molecular complexity index is 934. The van der Waals surface area contributed by atoms with Gasteiger partial charge in [0.1, 0.15) is 0 Å². The molecule has 2 aromatic carbocycles. The molecule has 0 amide bonds. The Morgan fingerprint density at radius 2 is 1.87 bits per heavy atom. The van der Waals surface area contributed by atoms with Crippen molar-refractivity contribution in [3.63, 3.8) is 0 Å². The molecule has 2 heterocycles. The maximum atomic E-state index is 12.3. The van der Waals surface area contributed by atoms with Crippen LogP contribution in [0.2, 0.25) is 0 Å². The van der Waals surface area contributed by atoms with Gasteiger partial charge in [-0.05, 0) is 42.5 Å². The molecule has 4 rings (SSSR count). The highest BCUT2D eigenvalue weighted by molar-refractivity contribution is 6.07. The molecule has 0 radical (unpaired) electrons. The Kier molecular flexibility index (Phi) is 3.24. The van der Waals surface area contributed by atoms with Crippen molar-refractivity contribution < 1.29 is 14.3 Å². The Labute approximate surface area is 132 Å². The summed E-state index contributed by atoms with van der Waals surface area (Å²) in [4.78, 5) is 12.3. The van der Waals surface area contributed by atoms with Gasteiger partial charge >= 0.3 is 0 Å². The monoisotopic (exact) mass is 304 g/mol. The minimum atomic E-state index is -0.127. The van der Waals surface area contributed by atoms with Gasteiger partial charge in [0.05, 0.1) is 11.2 Å². The first-order valence-corrected chi connectivity index (χ1v) is 7.14. The van der Waals surface area contributed by atoms with Crippen molar-refractivity contribution >= 4 is 22.8 Å². The van der Waals surface area contributed by atoms with Crippen molar-refractivity contribution in [2.75, 3.05) is 6.79 Å². The number of aromatic nitrogens is 2. The number of nitrogens with zero attached hydrogens (tertiary/aromatic N) is 2. The Balaban J connectivity index is 1.58. The van der Waals surface area contributed by atoms with Crippen LogP contribution in [-0.2, 0) is 0 Å². The molecule has 0 spiro atoms. The van der Waals surface area contributed by atoms with Crippen molar-refractivity contribution in [3.8, 4) is 11.5 Å². The summed E-state index contributed by atoms with van der Waals surface area (Å²) in [6.07, 6.45) is 3.14. The van der Waals surface area contributed by atoms with Crippen LogP contribution >= 0.6 is 0 Å². The fraction of sp³-hybridized carbons (Fsp3) is 0.0556. The number of rotatable bonds is 3. The number of ether oxygens (including phenoxy) is 2. The van der Waals surface area contributed by atoms with Crippen LogP contribution < -0.4 is 9.47 Å². The van der Waals surface area contributed by atoms with Gasteiger partial charge < -0.3 is 9.47 Å². The highest BCUT2D eigenvalue weighted by Crippen LogP contribution is 2.32. The third-order valence-electron chi connectivity index (χ3n) is 3.58. The van der Waals surface area contributed by atoms with Gasteiger partial charge in [0.25, 0.3) is 0 Å². The van der Waals surface area contributed by atoms with E-state index in [1.807, 2.05) is 30.3 Å². The molecular weight excluding hydrogens is 292 g/mol. The van der Waals surface area contributed by atoms with Crippen LogP contribution in [0.4, 0.5) is 0 Å². The molecule has 0 saturated heterocycles. The van der Waals surface area contributed by atoms with E-state index >= 15 is 0 Å². The van der Waals surface area contributed by atoms with E-state index in [4.69, 9.17) is 9.47 Å². The van der Waals surface area contributed by atoms with Gasteiger partial charge in [0.15, 0.2) is 17.3 Å². The second kappa shape index (κ2) is 5.53. The average Bonchev–Trinajstić information content (AvgIpc) is 3.07. The Hall–Kier alpha value is -3.21. The molecule has 3 aromatic rings. The maximum Gasteiger partial charge on any atom is 0.231 e. The summed E-state index contributed by atoms with van der Waals surface area (Å²) in [5.41, 5.74) is 2.00. The SMILES string of the molecule is O=C(/C=C/c1cc2ccccc2nn1)c1ccc2c(c1)OCO2. The smallest absolute Gasteiger partial charge is 0.231 e. The number of fused-ring (bicyclic) bond motifs is 2. The zero-order valence-corrected chi connectivity index (χ0v) is 12.1. The summed E-state index contributed by atoms with van der Waals surface area (Å²) >= 11 is 0. The second-order valence-corrected chi connectivity index (χ2v) is 5.09. The molecule has 0 bridgehead atoms. The number of hydrogen-bond donors (Lipinski definition) is 0. The summed E-state index contributed by atoms with van der Waals surface area (Å²) in [5, 5.41) is 9.21. The minimum absolute atomic E-state index is 0.127. The van der Waals surface area contributed by atoms with Crippen LogP contribution in [0.3, 0.4) is 0 Å². The van der Waals surface area contributed by atoms with E-state index in [2.05, 4.69) is 10.2 Å². The summed E-state index contributed by atoms with van der Waals surface area (Å²) in [5.74, 6) is 1.12. The van der Waals surface area contributed by atoms with Gasteiger partial charge in [-0.15, -0.1) is 5.10 Å². The van der Waals surface area contributed by atoms with Crippen molar-refractivity contribution in [2.45, 2.75) is 0 Å². The van der Waals surface area contributed by atoms with Crippen LogP contribution in [0.1, 0.15) is 16.1 Å². The van der Waals surface area contributed by atoms with Crippen molar-refractivity contribution in [1.29, 1.82) is 0 Å². The number of benzene rings is 2.